The minimum Gasteiger partial charge on any atom is -0.494 e. The van der Waals surface area contributed by atoms with Crippen molar-refractivity contribution < 1.29 is 17.9 Å². The fourth-order valence-corrected chi connectivity index (χ4v) is 5.74. The predicted molar refractivity (Wildman–Crippen MR) is 144 cm³/mol. The maximum Gasteiger partial charge on any atom is 0.264 e. The number of carbonyl (C=O) groups is 1. The highest BCUT2D eigenvalue weighted by molar-refractivity contribution is 7.98. The van der Waals surface area contributed by atoms with E-state index in [0.717, 1.165) is 22.2 Å². The number of hydrogen-bond donors (Lipinski definition) is 1. The molecule has 3 rings (SSSR count). The number of amides is 1. The molecule has 9 heteroatoms. The molecule has 0 heterocycles. The summed E-state index contributed by atoms with van der Waals surface area (Å²) in [6, 6.07) is 22.7. The summed E-state index contributed by atoms with van der Waals surface area (Å²) in [5, 5.41) is 3.27. The van der Waals surface area contributed by atoms with Crippen LogP contribution in [0.2, 0.25) is 5.02 Å². The van der Waals surface area contributed by atoms with E-state index in [9.17, 15) is 13.2 Å². The standard InChI is InChI=1S/C26H29ClN2O4S2/c1-2-33-24-13-11-23(12-14-24)29(35(31,32)25-15-9-22(27)10-16-25)19-26(30)28-17-6-18-34-20-21-7-4-3-5-8-21/h3-5,7-16H,2,6,17-20H2,1H3,(H,28,30). The second-order valence-corrected chi connectivity index (χ2v) is 11.0. The molecule has 0 radical (unpaired) electrons. The number of nitrogens with one attached hydrogen (secondary N) is 1. The highest BCUT2D eigenvalue weighted by Gasteiger charge is 2.27. The van der Waals surface area contributed by atoms with E-state index in [-0.39, 0.29) is 17.3 Å². The third kappa shape index (κ3) is 8.19. The Bertz CT molecular complexity index is 1170. The highest BCUT2D eigenvalue weighted by atomic mass is 35.5. The molecule has 0 bridgehead atoms. The average Bonchev–Trinajstić information content (AvgIpc) is 2.86. The van der Waals surface area contributed by atoms with Crippen molar-refractivity contribution in [2.75, 3.05) is 29.8 Å². The van der Waals surface area contributed by atoms with E-state index >= 15 is 0 Å². The number of benzene rings is 3. The Balaban J connectivity index is 1.62. The number of nitrogens with zero attached hydrogens (tertiary/aromatic N) is 1. The number of sulfonamides is 1. The van der Waals surface area contributed by atoms with Crippen molar-refractivity contribution in [3.8, 4) is 5.75 Å². The van der Waals surface area contributed by atoms with Crippen molar-refractivity contribution in [3.63, 3.8) is 0 Å². The van der Waals surface area contributed by atoms with Crippen LogP contribution >= 0.6 is 23.4 Å². The van der Waals surface area contributed by atoms with E-state index in [0.29, 0.717) is 29.6 Å². The van der Waals surface area contributed by atoms with Crippen LogP contribution in [0.3, 0.4) is 0 Å². The maximum absolute atomic E-state index is 13.4. The third-order valence-electron chi connectivity index (χ3n) is 5.02. The van der Waals surface area contributed by atoms with Gasteiger partial charge >= 0.3 is 0 Å². The van der Waals surface area contributed by atoms with E-state index in [1.807, 2.05) is 25.1 Å². The van der Waals surface area contributed by atoms with Crippen LogP contribution in [0, 0.1) is 0 Å². The van der Waals surface area contributed by atoms with Crippen molar-refractivity contribution >= 4 is 45.0 Å². The fourth-order valence-electron chi connectivity index (χ4n) is 3.28. The molecule has 0 aliphatic carbocycles. The minimum atomic E-state index is -3.99. The van der Waals surface area contributed by atoms with Gasteiger partial charge in [0.05, 0.1) is 17.2 Å². The lowest BCUT2D eigenvalue weighted by atomic mass is 10.2. The van der Waals surface area contributed by atoms with E-state index in [4.69, 9.17) is 16.3 Å². The summed E-state index contributed by atoms with van der Waals surface area (Å²) in [5.74, 6) is 2.06. The Morgan fingerprint density at radius 3 is 2.34 bits per heavy atom. The first kappa shape index (κ1) is 26.9. The van der Waals surface area contributed by atoms with Crippen molar-refractivity contribution in [1.82, 2.24) is 5.32 Å². The van der Waals surface area contributed by atoms with E-state index < -0.39 is 10.0 Å². The number of ether oxygens (including phenoxy) is 1. The monoisotopic (exact) mass is 532 g/mol. The van der Waals surface area contributed by atoms with Gasteiger partial charge in [0.1, 0.15) is 12.3 Å². The first-order valence-electron chi connectivity index (χ1n) is 11.3. The number of hydrogen-bond acceptors (Lipinski definition) is 5. The Morgan fingerprint density at radius 1 is 1.00 bits per heavy atom. The number of carbonyl (C=O) groups excluding carboxylic acids is 1. The molecule has 0 saturated carbocycles. The summed E-state index contributed by atoms with van der Waals surface area (Å²) in [6.07, 6.45) is 0.788. The highest BCUT2D eigenvalue weighted by Crippen LogP contribution is 2.26. The summed E-state index contributed by atoms with van der Waals surface area (Å²) in [5.41, 5.74) is 1.64. The first-order chi connectivity index (χ1) is 16.9. The third-order valence-corrected chi connectivity index (χ3v) is 8.18. The Labute approximate surface area is 216 Å². The Kier molecular flexibility index (Phi) is 10.3. The van der Waals surface area contributed by atoms with Crippen molar-refractivity contribution in [2.45, 2.75) is 24.0 Å². The number of rotatable bonds is 13. The van der Waals surface area contributed by atoms with Gasteiger partial charge in [0, 0.05) is 17.3 Å². The number of anilines is 1. The van der Waals surface area contributed by atoms with Crippen LogP contribution in [0.25, 0.3) is 0 Å². The molecule has 35 heavy (non-hydrogen) atoms. The molecule has 186 valence electrons. The summed E-state index contributed by atoms with van der Waals surface area (Å²) >= 11 is 7.73. The second-order valence-electron chi connectivity index (χ2n) is 7.63. The molecule has 3 aromatic carbocycles. The lowest BCUT2D eigenvalue weighted by Crippen LogP contribution is -2.41. The molecule has 0 aliphatic rings. The van der Waals surface area contributed by atoms with Gasteiger partial charge in [0.25, 0.3) is 10.0 Å². The average molecular weight is 533 g/mol. The van der Waals surface area contributed by atoms with Crippen LogP contribution in [0.5, 0.6) is 5.75 Å². The van der Waals surface area contributed by atoms with Gasteiger partial charge in [-0.3, -0.25) is 9.10 Å². The summed E-state index contributed by atoms with van der Waals surface area (Å²) in [4.78, 5) is 12.8. The lowest BCUT2D eigenvalue weighted by molar-refractivity contribution is -0.119. The normalized spacial score (nSPS) is 11.1. The Morgan fingerprint density at radius 2 is 1.69 bits per heavy atom. The smallest absolute Gasteiger partial charge is 0.264 e. The molecule has 0 aromatic heterocycles. The topological polar surface area (TPSA) is 75.7 Å². The van der Waals surface area contributed by atoms with Gasteiger partial charge in [-0.25, -0.2) is 8.42 Å². The van der Waals surface area contributed by atoms with Crippen LogP contribution in [0.15, 0.2) is 83.8 Å². The predicted octanol–water partition coefficient (Wildman–Crippen LogP) is 5.37. The molecule has 0 saturated heterocycles. The van der Waals surface area contributed by atoms with E-state index in [1.165, 1.54) is 29.8 Å². The van der Waals surface area contributed by atoms with Gasteiger partial charge in [-0.15, -0.1) is 0 Å². The molecule has 1 amide bonds. The summed E-state index contributed by atoms with van der Waals surface area (Å²) < 4.78 is 33.4. The first-order valence-corrected chi connectivity index (χ1v) is 14.3. The molecule has 6 nitrogen and oxygen atoms in total. The van der Waals surface area contributed by atoms with Crippen LogP contribution in [0.1, 0.15) is 18.9 Å². The zero-order valence-corrected chi connectivity index (χ0v) is 21.9. The zero-order valence-electron chi connectivity index (χ0n) is 19.5. The number of thioether (sulfide) groups is 1. The van der Waals surface area contributed by atoms with Gasteiger partial charge in [-0.2, -0.15) is 11.8 Å². The maximum atomic E-state index is 13.4. The SMILES string of the molecule is CCOc1ccc(N(CC(=O)NCCCSCc2ccccc2)S(=O)(=O)c2ccc(Cl)cc2)cc1. The Hall–Kier alpha value is -2.68. The molecular formula is C26H29ClN2O4S2. The zero-order chi connectivity index (χ0) is 25.1. The molecule has 3 aromatic rings. The van der Waals surface area contributed by atoms with Crippen molar-refractivity contribution in [1.29, 1.82) is 0 Å². The molecule has 0 fully saturated rings. The lowest BCUT2D eigenvalue weighted by Gasteiger charge is -2.24. The van der Waals surface area contributed by atoms with E-state index in [1.54, 1.807) is 36.0 Å². The summed E-state index contributed by atoms with van der Waals surface area (Å²) in [7, 11) is -3.99. The quantitative estimate of drug-likeness (QED) is 0.299. The van der Waals surface area contributed by atoms with Gasteiger partial charge in [-0.05, 0) is 73.2 Å². The minimum absolute atomic E-state index is 0.0564. The van der Waals surface area contributed by atoms with Gasteiger partial charge in [0.15, 0.2) is 0 Å². The van der Waals surface area contributed by atoms with Crippen LogP contribution in [-0.4, -0.2) is 39.8 Å². The van der Waals surface area contributed by atoms with E-state index in [2.05, 4.69) is 17.4 Å². The van der Waals surface area contributed by atoms with Gasteiger partial charge in [0.2, 0.25) is 5.91 Å². The molecule has 1 N–H and O–H groups in total. The van der Waals surface area contributed by atoms with Gasteiger partial charge in [-0.1, -0.05) is 41.9 Å². The molecular weight excluding hydrogens is 504 g/mol. The fraction of sp³-hybridized carbons (Fsp3) is 0.269. The largest absolute Gasteiger partial charge is 0.494 e. The molecule has 0 atom stereocenters. The van der Waals surface area contributed by atoms with Crippen molar-refractivity contribution in [2.24, 2.45) is 0 Å². The van der Waals surface area contributed by atoms with Crippen LogP contribution in [0.4, 0.5) is 5.69 Å². The van der Waals surface area contributed by atoms with Gasteiger partial charge < -0.3 is 10.1 Å². The summed E-state index contributed by atoms with van der Waals surface area (Å²) in [6.45, 7) is 2.50. The molecule has 0 unspecified atom stereocenters. The van der Waals surface area contributed by atoms with Crippen molar-refractivity contribution in [3.05, 3.63) is 89.4 Å². The number of halogens is 1. The molecule has 0 spiro atoms. The second kappa shape index (κ2) is 13.4. The molecule has 0 aliphatic heterocycles. The van der Waals surface area contributed by atoms with Crippen LogP contribution < -0.4 is 14.4 Å². The van der Waals surface area contributed by atoms with Crippen LogP contribution in [-0.2, 0) is 20.6 Å².